The summed E-state index contributed by atoms with van der Waals surface area (Å²) in [6.45, 7) is 2.02. The number of halogens is 1. The summed E-state index contributed by atoms with van der Waals surface area (Å²) in [4.78, 5) is 15.4. The lowest BCUT2D eigenvalue weighted by molar-refractivity contribution is 0.381. The zero-order valence-electron chi connectivity index (χ0n) is 17.5. The third-order valence-corrected chi connectivity index (χ3v) is 6.66. The summed E-state index contributed by atoms with van der Waals surface area (Å²) in [5.74, 6) is 0.906. The molecule has 156 valence electrons. The molecule has 0 amide bonds. The SMILES string of the molecule is Cc1nc2c(-c3ccc4nn(C)cc4c3Cl)c[nH]c2nc1N(C)[C@@H]1CCC[C@@H](N)C1. The number of nitrogens with one attached hydrogen (secondary N) is 1. The minimum atomic E-state index is 0.268. The monoisotopic (exact) mass is 423 g/mol. The van der Waals surface area contributed by atoms with Gasteiger partial charge in [0, 0.05) is 55.1 Å². The van der Waals surface area contributed by atoms with E-state index in [1.165, 1.54) is 0 Å². The van der Waals surface area contributed by atoms with Crippen molar-refractivity contribution >= 4 is 39.5 Å². The summed E-state index contributed by atoms with van der Waals surface area (Å²) in [5, 5.41) is 6.05. The third-order valence-electron chi connectivity index (χ3n) is 6.25. The molecule has 3 N–H and O–H groups in total. The minimum Gasteiger partial charge on any atom is -0.355 e. The Morgan fingerprint density at radius 2 is 2.07 bits per heavy atom. The maximum absolute atomic E-state index is 6.75. The number of aryl methyl sites for hydroxylation is 2. The molecule has 4 aromatic rings. The van der Waals surface area contributed by atoms with Gasteiger partial charge in [-0.2, -0.15) is 5.10 Å². The van der Waals surface area contributed by atoms with E-state index in [-0.39, 0.29) is 6.04 Å². The van der Waals surface area contributed by atoms with Gasteiger partial charge in [-0.15, -0.1) is 0 Å². The first-order chi connectivity index (χ1) is 14.4. The van der Waals surface area contributed by atoms with Crippen molar-refractivity contribution in [1.82, 2.24) is 24.7 Å². The van der Waals surface area contributed by atoms with Gasteiger partial charge < -0.3 is 15.6 Å². The normalized spacial score (nSPS) is 19.6. The van der Waals surface area contributed by atoms with Crippen LogP contribution in [0.15, 0.2) is 24.5 Å². The van der Waals surface area contributed by atoms with E-state index in [2.05, 4.69) is 22.0 Å². The van der Waals surface area contributed by atoms with Crippen molar-refractivity contribution in [3.05, 3.63) is 35.2 Å². The number of aromatic amines is 1. The van der Waals surface area contributed by atoms with Gasteiger partial charge in [0.1, 0.15) is 5.52 Å². The van der Waals surface area contributed by atoms with Crippen molar-refractivity contribution in [2.45, 2.75) is 44.7 Å². The van der Waals surface area contributed by atoms with Gasteiger partial charge >= 0.3 is 0 Å². The van der Waals surface area contributed by atoms with Crippen LogP contribution in [-0.2, 0) is 7.05 Å². The average molecular weight is 424 g/mol. The molecule has 3 aromatic heterocycles. The van der Waals surface area contributed by atoms with E-state index in [0.29, 0.717) is 11.1 Å². The number of aromatic nitrogens is 5. The molecular formula is C22H26ClN7. The van der Waals surface area contributed by atoms with E-state index in [0.717, 1.165) is 70.4 Å². The molecule has 0 aliphatic heterocycles. The molecule has 0 radical (unpaired) electrons. The lowest BCUT2D eigenvalue weighted by Gasteiger charge is -2.35. The first-order valence-corrected chi connectivity index (χ1v) is 10.8. The Labute approximate surface area is 180 Å². The number of hydrogen-bond donors (Lipinski definition) is 2. The van der Waals surface area contributed by atoms with Crippen molar-refractivity contribution in [2.24, 2.45) is 12.8 Å². The highest BCUT2D eigenvalue weighted by Crippen LogP contribution is 2.37. The van der Waals surface area contributed by atoms with Crippen LogP contribution in [0.4, 0.5) is 5.82 Å². The van der Waals surface area contributed by atoms with Gasteiger partial charge in [0.05, 0.1) is 16.2 Å². The third kappa shape index (κ3) is 3.13. The molecule has 8 heteroatoms. The van der Waals surface area contributed by atoms with Crippen molar-refractivity contribution in [2.75, 3.05) is 11.9 Å². The van der Waals surface area contributed by atoms with Gasteiger partial charge in [-0.3, -0.25) is 4.68 Å². The zero-order valence-corrected chi connectivity index (χ0v) is 18.2. The number of nitrogens with zero attached hydrogens (tertiary/aromatic N) is 5. The molecule has 1 aliphatic rings. The largest absolute Gasteiger partial charge is 0.355 e. The maximum Gasteiger partial charge on any atom is 0.159 e. The summed E-state index contributed by atoms with van der Waals surface area (Å²) in [6, 6.07) is 4.66. The van der Waals surface area contributed by atoms with Gasteiger partial charge in [0.15, 0.2) is 11.5 Å². The van der Waals surface area contributed by atoms with Gasteiger partial charge in [0.2, 0.25) is 0 Å². The van der Waals surface area contributed by atoms with Crippen LogP contribution < -0.4 is 10.6 Å². The highest BCUT2D eigenvalue weighted by atomic mass is 35.5. The van der Waals surface area contributed by atoms with Crippen LogP contribution in [0.2, 0.25) is 5.02 Å². The highest BCUT2D eigenvalue weighted by molar-refractivity contribution is 6.38. The lowest BCUT2D eigenvalue weighted by atomic mass is 9.91. The Morgan fingerprint density at radius 1 is 1.23 bits per heavy atom. The fraction of sp³-hybridized carbons (Fsp3) is 0.409. The van der Waals surface area contributed by atoms with Crippen molar-refractivity contribution in [1.29, 1.82) is 0 Å². The number of fused-ring (bicyclic) bond motifs is 2. The zero-order chi connectivity index (χ0) is 21.0. The van der Waals surface area contributed by atoms with E-state index in [1.807, 2.05) is 38.5 Å². The van der Waals surface area contributed by atoms with Crippen molar-refractivity contribution in [3.63, 3.8) is 0 Å². The van der Waals surface area contributed by atoms with E-state index >= 15 is 0 Å². The van der Waals surface area contributed by atoms with Gasteiger partial charge in [-0.05, 0) is 38.7 Å². The Bertz CT molecular complexity index is 1240. The summed E-state index contributed by atoms with van der Waals surface area (Å²) in [6.07, 6.45) is 8.28. The summed E-state index contributed by atoms with van der Waals surface area (Å²) in [7, 11) is 4.00. The van der Waals surface area contributed by atoms with Gasteiger partial charge in [-0.25, -0.2) is 9.97 Å². The van der Waals surface area contributed by atoms with Crippen LogP contribution in [0.5, 0.6) is 0 Å². The minimum absolute atomic E-state index is 0.268. The number of hydrogen-bond acceptors (Lipinski definition) is 5. The van der Waals surface area contributed by atoms with E-state index in [9.17, 15) is 0 Å². The van der Waals surface area contributed by atoms with E-state index < -0.39 is 0 Å². The fourth-order valence-corrected chi connectivity index (χ4v) is 4.97. The molecule has 1 aliphatic carbocycles. The Balaban J connectivity index is 1.57. The lowest BCUT2D eigenvalue weighted by Crippen LogP contribution is -2.41. The average Bonchev–Trinajstić information content (AvgIpc) is 3.30. The molecule has 0 saturated heterocycles. The summed E-state index contributed by atoms with van der Waals surface area (Å²) < 4.78 is 1.78. The highest BCUT2D eigenvalue weighted by Gasteiger charge is 2.26. The predicted octanol–water partition coefficient (Wildman–Crippen LogP) is 4.18. The molecular weight excluding hydrogens is 398 g/mol. The molecule has 2 atom stereocenters. The molecule has 1 aromatic carbocycles. The molecule has 0 spiro atoms. The maximum atomic E-state index is 6.75. The molecule has 0 unspecified atom stereocenters. The topological polar surface area (TPSA) is 88.7 Å². The molecule has 3 heterocycles. The number of nitrogens with two attached hydrogens (primary N) is 1. The van der Waals surface area contributed by atoms with Crippen LogP contribution in [0.1, 0.15) is 31.4 Å². The van der Waals surface area contributed by atoms with Crippen molar-refractivity contribution < 1.29 is 0 Å². The Kier molecular flexibility index (Phi) is 4.67. The number of rotatable bonds is 3. The predicted molar refractivity (Wildman–Crippen MR) is 122 cm³/mol. The first kappa shape index (κ1) is 19.3. The molecule has 1 fully saturated rings. The second kappa shape index (κ2) is 7.25. The second-order valence-corrected chi connectivity index (χ2v) is 8.76. The number of anilines is 1. The quantitative estimate of drug-likeness (QED) is 0.516. The first-order valence-electron chi connectivity index (χ1n) is 10.4. The van der Waals surface area contributed by atoms with Crippen LogP contribution in [0.3, 0.4) is 0 Å². The van der Waals surface area contributed by atoms with E-state index in [1.54, 1.807) is 4.68 Å². The van der Waals surface area contributed by atoms with Crippen molar-refractivity contribution in [3.8, 4) is 11.1 Å². The van der Waals surface area contributed by atoms with Gasteiger partial charge in [0.25, 0.3) is 0 Å². The Morgan fingerprint density at radius 3 is 2.87 bits per heavy atom. The molecule has 30 heavy (non-hydrogen) atoms. The van der Waals surface area contributed by atoms with Crippen LogP contribution >= 0.6 is 11.6 Å². The number of H-pyrrole nitrogens is 1. The van der Waals surface area contributed by atoms with Crippen LogP contribution in [0, 0.1) is 6.92 Å². The Hall–Kier alpha value is -2.64. The molecule has 5 rings (SSSR count). The molecule has 0 bridgehead atoms. The summed E-state index contributed by atoms with van der Waals surface area (Å²) >= 11 is 6.75. The van der Waals surface area contributed by atoms with Crippen LogP contribution in [-0.4, -0.2) is 43.9 Å². The standard InChI is InChI=1S/C22H26ClN7/c1-12-22(30(3)14-6-4-5-13(24)9-14)27-21-20(26-12)16(10-25-21)15-7-8-18-17(19(15)23)11-29(2)28-18/h7-8,10-11,13-14H,4-6,9,24H2,1-3H3,(H,25,27)/t13-,14-/m1/s1. The van der Waals surface area contributed by atoms with Gasteiger partial charge in [-0.1, -0.05) is 17.7 Å². The van der Waals surface area contributed by atoms with E-state index in [4.69, 9.17) is 27.3 Å². The number of benzene rings is 1. The second-order valence-electron chi connectivity index (χ2n) is 8.39. The summed E-state index contributed by atoms with van der Waals surface area (Å²) in [5.41, 5.74) is 11.5. The molecule has 1 saturated carbocycles. The van der Waals surface area contributed by atoms with Crippen LogP contribution in [0.25, 0.3) is 33.2 Å². The fourth-order valence-electron chi connectivity index (χ4n) is 4.66. The smallest absolute Gasteiger partial charge is 0.159 e. The molecule has 7 nitrogen and oxygen atoms in total.